The van der Waals surface area contributed by atoms with Gasteiger partial charge >= 0.3 is 0 Å². The molecule has 1 N–H and O–H groups in total. The highest BCUT2D eigenvalue weighted by molar-refractivity contribution is 7.91. The first-order chi connectivity index (χ1) is 8.95. The molecule has 2 rings (SSSR count). The lowest BCUT2D eigenvalue weighted by Crippen LogP contribution is -2.42. The van der Waals surface area contributed by atoms with Crippen LogP contribution < -0.4 is 5.32 Å². The maximum absolute atomic E-state index is 11.6. The minimum atomic E-state index is -2.86. The first kappa shape index (κ1) is 15.3. The van der Waals surface area contributed by atoms with Crippen molar-refractivity contribution in [3.05, 3.63) is 0 Å². The number of nitrogens with zero attached hydrogens (tertiary/aromatic N) is 1. The van der Waals surface area contributed by atoms with Gasteiger partial charge in [-0.05, 0) is 64.7 Å². The highest BCUT2D eigenvalue weighted by Gasteiger charge is 2.29. The summed E-state index contributed by atoms with van der Waals surface area (Å²) < 4.78 is 23.3. The highest BCUT2D eigenvalue weighted by atomic mass is 32.2. The largest absolute Gasteiger partial charge is 0.314 e. The van der Waals surface area contributed by atoms with E-state index in [0.29, 0.717) is 6.04 Å². The first-order valence-electron chi connectivity index (χ1n) is 7.56. The van der Waals surface area contributed by atoms with E-state index in [1.165, 1.54) is 32.2 Å². The summed E-state index contributed by atoms with van der Waals surface area (Å²) in [6, 6.07) is 0.410. The monoisotopic (exact) mass is 288 g/mol. The molecule has 0 aromatic rings. The van der Waals surface area contributed by atoms with Gasteiger partial charge in [0.05, 0.1) is 5.25 Å². The second kappa shape index (κ2) is 6.55. The summed E-state index contributed by atoms with van der Waals surface area (Å²) >= 11 is 0. The Morgan fingerprint density at radius 3 is 2.47 bits per heavy atom. The molecule has 0 bridgehead atoms. The molecule has 2 fully saturated rings. The molecule has 0 radical (unpaired) electrons. The standard InChI is InChI=1S/C14H28N2O2S/c1-16-8-6-12(7-9-16)11-15-13-4-3-5-14(10-13)19(2,17)18/h12-15H,3-11H2,1-2H3. The van der Waals surface area contributed by atoms with Crippen molar-refractivity contribution in [2.45, 2.75) is 49.8 Å². The zero-order valence-electron chi connectivity index (χ0n) is 12.3. The lowest BCUT2D eigenvalue weighted by molar-refractivity contribution is 0.209. The van der Waals surface area contributed by atoms with Crippen molar-refractivity contribution >= 4 is 9.84 Å². The van der Waals surface area contributed by atoms with Crippen LogP contribution in [-0.4, -0.2) is 57.5 Å². The quantitative estimate of drug-likeness (QED) is 0.846. The van der Waals surface area contributed by atoms with Gasteiger partial charge in [0.2, 0.25) is 0 Å². The molecule has 0 aromatic heterocycles. The topological polar surface area (TPSA) is 49.4 Å². The molecule has 4 nitrogen and oxygen atoms in total. The van der Waals surface area contributed by atoms with Crippen molar-refractivity contribution in [3.8, 4) is 0 Å². The van der Waals surface area contributed by atoms with Gasteiger partial charge in [0.15, 0.2) is 0 Å². The number of likely N-dealkylation sites (tertiary alicyclic amines) is 1. The summed E-state index contributed by atoms with van der Waals surface area (Å²) in [7, 11) is -0.674. The Morgan fingerprint density at radius 2 is 1.84 bits per heavy atom. The van der Waals surface area contributed by atoms with Gasteiger partial charge in [0.25, 0.3) is 0 Å². The van der Waals surface area contributed by atoms with E-state index in [2.05, 4.69) is 17.3 Å². The van der Waals surface area contributed by atoms with Crippen LogP contribution in [0.25, 0.3) is 0 Å². The molecule has 2 atom stereocenters. The number of piperidine rings is 1. The van der Waals surface area contributed by atoms with Crippen LogP contribution in [0.2, 0.25) is 0 Å². The Hall–Kier alpha value is -0.130. The minimum Gasteiger partial charge on any atom is -0.314 e. The third kappa shape index (κ3) is 4.72. The lowest BCUT2D eigenvalue weighted by atomic mass is 9.93. The van der Waals surface area contributed by atoms with Gasteiger partial charge in [-0.2, -0.15) is 0 Å². The Labute approximate surface area is 117 Å². The summed E-state index contributed by atoms with van der Waals surface area (Å²) in [5.41, 5.74) is 0. The maximum atomic E-state index is 11.6. The lowest BCUT2D eigenvalue weighted by Gasteiger charge is -2.33. The molecule has 1 saturated carbocycles. The van der Waals surface area contributed by atoms with Crippen molar-refractivity contribution in [1.29, 1.82) is 0 Å². The first-order valence-corrected chi connectivity index (χ1v) is 9.51. The molecule has 1 aliphatic carbocycles. The Kier molecular flexibility index (Phi) is 5.26. The Bertz CT molecular complexity index is 375. The fourth-order valence-corrected chi connectivity index (χ4v) is 4.50. The smallest absolute Gasteiger partial charge is 0.150 e. The number of hydrogen-bond donors (Lipinski definition) is 1. The van der Waals surface area contributed by atoms with E-state index in [4.69, 9.17) is 0 Å². The zero-order chi connectivity index (χ0) is 13.9. The van der Waals surface area contributed by atoms with Gasteiger partial charge in [0.1, 0.15) is 9.84 Å². The number of hydrogen-bond acceptors (Lipinski definition) is 4. The number of sulfone groups is 1. The summed E-state index contributed by atoms with van der Waals surface area (Å²) in [6.07, 6.45) is 7.77. The molecule has 0 spiro atoms. The molecule has 5 heteroatoms. The van der Waals surface area contributed by atoms with Crippen molar-refractivity contribution < 1.29 is 8.42 Å². The van der Waals surface area contributed by atoms with Gasteiger partial charge in [-0.3, -0.25) is 0 Å². The molecule has 0 amide bonds. The molecular formula is C14H28N2O2S. The van der Waals surface area contributed by atoms with Gasteiger partial charge in [-0.1, -0.05) is 6.42 Å². The molecular weight excluding hydrogens is 260 g/mol. The van der Waals surface area contributed by atoms with Crippen LogP contribution in [0.4, 0.5) is 0 Å². The van der Waals surface area contributed by atoms with E-state index < -0.39 is 9.84 Å². The van der Waals surface area contributed by atoms with E-state index in [0.717, 1.165) is 38.1 Å². The zero-order valence-corrected chi connectivity index (χ0v) is 13.1. The number of rotatable bonds is 4. The fourth-order valence-electron chi connectivity index (χ4n) is 3.32. The molecule has 2 unspecified atom stereocenters. The van der Waals surface area contributed by atoms with E-state index in [9.17, 15) is 8.42 Å². The fraction of sp³-hybridized carbons (Fsp3) is 1.00. The SMILES string of the molecule is CN1CCC(CNC2CCCC(S(C)(=O)=O)C2)CC1. The average Bonchev–Trinajstić information content (AvgIpc) is 2.37. The van der Waals surface area contributed by atoms with E-state index in [1.54, 1.807) is 0 Å². The van der Waals surface area contributed by atoms with Crippen LogP contribution in [0.1, 0.15) is 38.5 Å². The second-order valence-corrected chi connectivity index (χ2v) is 8.80. The summed E-state index contributed by atoms with van der Waals surface area (Å²) in [5.74, 6) is 0.773. The third-order valence-electron chi connectivity index (χ3n) is 4.76. The molecule has 2 aliphatic rings. The minimum absolute atomic E-state index is 0.115. The van der Waals surface area contributed by atoms with Gasteiger partial charge < -0.3 is 10.2 Å². The molecule has 112 valence electrons. The van der Waals surface area contributed by atoms with Crippen LogP contribution >= 0.6 is 0 Å². The van der Waals surface area contributed by atoms with Crippen molar-refractivity contribution in [3.63, 3.8) is 0 Å². The van der Waals surface area contributed by atoms with Crippen LogP contribution in [0.5, 0.6) is 0 Å². The normalized spacial score (nSPS) is 31.5. The van der Waals surface area contributed by atoms with Crippen molar-refractivity contribution in [2.24, 2.45) is 5.92 Å². The van der Waals surface area contributed by atoms with Gasteiger partial charge in [0, 0.05) is 12.3 Å². The van der Waals surface area contributed by atoms with Crippen LogP contribution in [0.3, 0.4) is 0 Å². The van der Waals surface area contributed by atoms with E-state index >= 15 is 0 Å². The van der Waals surface area contributed by atoms with Crippen molar-refractivity contribution in [2.75, 3.05) is 32.9 Å². The van der Waals surface area contributed by atoms with E-state index in [-0.39, 0.29) is 5.25 Å². The predicted molar refractivity (Wildman–Crippen MR) is 79.1 cm³/mol. The summed E-state index contributed by atoms with van der Waals surface area (Å²) in [5, 5.41) is 3.51. The average molecular weight is 288 g/mol. The summed E-state index contributed by atoms with van der Waals surface area (Å²) in [4.78, 5) is 2.39. The van der Waals surface area contributed by atoms with Crippen LogP contribution in [0, 0.1) is 5.92 Å². The second-order valence-electron chi connectivity index (χ2n) is 6.47. The molecule has 1 saturated heterocycles. The highest BCUT2D eigenvalue weighted by Crippen LogP contribution is 2.24. The van der Waals surface area contributed by atoms with Crippen LogP contribution in [-0.2, 0) is 9.84 Å². The molecule has 1 aliphatic heterocycles. The maximum Gasteiger partial charge on any atom is 0.150 e. The molecule has 19 heavy (non-hydrogen) atoms. The summed E-state index contributed by atoms with van der Waals surface area (Å²) in [6.45, 7) is 3.46. The van der Waals surface area contributed by atoms with Gasteiger partial charge in [-0.25, -0.2) is 8.42 Å². The van der Waals surface area contributed by atoms with Crippen LogP contribution in [0.15, 0.2) is 0 Å². The van der Waals surface area contributed by atoms with Gasteiger partial charge in [-0.15, -0.1) is 0 Å². The Morgan fingerprint density at radius 1 is 1.16 bits per heavy atom. The number of nitrogens with one attached hydrogen (secondary N) is 1. The van der Waals surface area contributed by atoms with E-state index in [1.807, 2.05) is 0 Å². The Balaban J connectivity index is 1.74. The van der Waals surface area contributed by atoms with Crippen molar-refractivity contribution in [1.82, 2.24) is 10.2 Å². The molecule has 0 aromatic carbocycles. The predicted octanol–water partition coefficient (Wildman–Crippen LogP) is 1.27. The third-order valence-corrected chi connectivity index (χ3v) is 6.40. The molecule has 1 heterocycles.